The quantitative estimate of drug-likeness (QED) is 0.831. The summed E-state index contributed by atoms with van der Waals surface area (Å²) in [7, 11) is 0. The monoisotopic (exact) mass is 252 g/mol. The Morgan fingerprint density at radius 3 is 2.75 bits per heavy atom. The molecule has 0 saturated heterocycles. The lowest BCUT2D eigenvalue weighted by molar-refractivity contribution is -0.137. The van der Waals surface area contributed by atoms with Crippen molar-refractivity contribution in [2.45, 2.75) is 13.1 Å². The molecule has 6 heteroatoms. The predicted molar refractivity (Wildman–Crippen MR) is 57.6 cm³/mol. The Morgan fingerprint density at radius 1 is 1.50 bits per heavy atom. The van der Waals surface area contributed by atoms with Crippen molar-refractivity contribution < 1.29 is 13.2 Å². The molecule has 1 aromatic heterocycles. The van der Waals surface area contributed by atoms with E-state index in [1.165, 1.54) is 12.3 Å². The maximum absolute atomic E-state index is 12.5. The van der Waals surface area contributed by atoms with Crippen molar-refractivity contribution in [2.75, 3.05) is 17.7 Å². The molecule has 0 bridgehead atoms. The van der Waals surface area contributed by atoms with Gasteiger partial charge in [-0.1, -0.05) is 6.92 Å². The number of nitrogens with one attached hydrogen (secondary N) is 1. The lowest BCUT2D eigenvalue weighted by atomic mass is 10.2. The van der Waals surface area contributed by atoms with Crippen molar-refractivity contribution >= 4 is 17.4 Å². The largest absolute Gasteiger partial charge is 0.419 e. The Morgan fingerprint density at radius 2 is 2.19 bits per heavy atom. The van der Waals surface area contributed by atoms with Crippen LogP contribution in [-0.4, -0.2) is 17.4 Å². The van der Waals surface area contributed by atoms with Crippen LogP contribution in [0, 0.1) is 5.92 Å². The Hall–Kier alpha value is -0.970. The number of anilines is 1. The molecule has 0 aliphatic rings. The Kier molecular flexibility index (Phi) is 4.41. The number of rotatable bonds is 4. The molecule has 0 aromatic carbocycles. The number of aromatic nitrogens is 1. The molecular weight excluding hydrogens is 241 g/mol. The molecule has 0 spiro atoms. The van der Waals surface area contributed by atoms with Crippen molar-refractivity contribution in [2.24, 2.45) is 5.92 Å². The first-order valence-electron chi connectivity index (χ1n) is 4.77. The highest BCUT2D eigenvalue weighted by molar-refractivity contribution is 6.18. The van der Waals surface area contributed by atoms with Crippen LogP contribution in [-0.2, 0) is 6.18 Å². The van der Waals surface area contributed by atoms with Gasteiger partial charge in [-0.25, -0.2) is 4.98 Å². The molecule has 1 heterocycles. The van der Waals surface area contributed by atoms with Gasteiger partial charge >= 0.3 is 6.18 Å². The Balaban J connectivity index is 2.80. The second kappa shape index (κ2) is 5.39. The predicted octanol–water partition coefficient (Wildman–Crippen LogP) is 3.39. The first-order chi connectivity index (χ1) is 7.45. The van der Waals surface area contributed by atoms with Crippen LogP contribution in [0.15, 0.2) is 18.3 Å². The second-order valence-electron chi connectivity index (χ2n) is 3.54. The molecule has 16 heavy (non-hydrogen) atoms. The normalized spacial score (nSPS) is 13.6. The van der Waals surface area contributed by atoms with E-state index < -0.39 is 11.7 Å². The van der Waals surface area contributed by atoms with E-state index in [0.717, 1.165) is 6.07 Å². The minimum atomic E-state index is -4.39. The molecule has 0 radical (unpaired) electrons. The van der Waals surface area contributed by atoms with E-state index in [9.17, 15) is 13.2 Å². The molecule has 0 aliphatic heterocycles. The Labute approximate surface area is 96.8 Å². The topological polar surface area (TPSA) is 24.9 Å². The molecule has 0 amide bonds. The molecule has 0 fully saturated rings. The summed E-state index contributed by atoms with van der Waals surface area (Å²) >= 11 is 5.57. The van der Waals surface area contributed by atoms with Crippen LogP contribution in [0.3, 0.4) is 0 Å². The van der Waals surface area contributed by atoms with Crippen LogP contribution in [0.4, 0.5) is 19.0 Å². The average Bonchev–Trinajstić information content (AvgIpc) is 2.25. The number of pyridine rings is 1. The molecule has 1 N–H and O–H groups in total. The molecule has 1 rings (SSSR count). The first-order valence-corrected chi connectivity index (χ1v) is 5.30. The van der Waals surface area contributed by atoms with Crippen LogP contribution in [0.5, 0.6) is 0 Å². The molecular formula is C10H12ClF3N2. The fourth-order valence-electron chi connectivity index (χ4n) is 1.10. The van der Waals surface area contributed by atoms with E-state index in [1.54, 1.807) is 0 Å². The zero-order chi connectivity index (χ0) is 12.2. The summed E-state index contributed by atoms with van der Waals surface area (Å²) in [6.45, 7) is 2.21. The number of hydrogen-bond acceptors (Lipinski definition) is 2. The fourth-order valence-corrected chi connectivity index (χ4v) is 1.21. The van der Waals surface area contributed by atoms with Crippen LogP contribution in [0.2, 0.25) is 0 Å². The van der Waals surface area contributed by atoms with Gasteiger partial charge in [0, 0.05) is 18.6 Å². The second-order valence-corrected chi connectivity index (χ2v) is 3.85. The SMILES string of the molecule is CC(CCl)CNc1ncccc1C(F)(F)F. The third-order valence-electron chi connectivity index (χ3n) is 1.99. The summed E-state index contributed by atoms with van der Waals surface area (Å²) in [6.07, 6.45) is -3.07. The van der Waals surface area contributed by atoms with Gasteiger partial charge in [0.2, 0.25) is 0 Å². The molecule has 90 valence electrons. The highest BCUT2D eigenvalue weighted by Crippen LogP contribution is 2.33. The van der Waals surface area contributed by atoms with Crippen molar-refractivity contribution in [1.29, 1.82) is 0 Å². The fraction of sp³-hybridized carbons (Fsp3) is 0.500. The van der Waals surface area contributed by atoms with E-state index in [0.29, 0.717) is 12.4 Å². The summed E-state index contributed by atoms with van der Waals surface area (Å²) < 4.78 is 37.6. The van der Waals surface area contributed by atoms with Crippen molar-refractivity contribution in [3.05, 3.63) is 23.9 Å². The van der Waals surface area contributed by atoms with Gasteiger partial charge in [-0.2, -0.15) is 13.2 Å². The number of nitrogens with zero attached hydrogens (tertiary/aromatic N) is 1. The van der Waals surface area contributed by atoms with Crippen molar-refractivity contribution in [3.63, 3.8) is 0 Å². The van der Waals surface area contributed by atoms with Crippen LogP contribution in [0.1, 0.15) is 12.5 Å². The third kappa shape index (κ3) is 3.56. The lowest BCUT2D eigenvalue weighted by Gasteiger charge is -2.14. The van der Waals surface area contributed by atoms with Gasteiger partial charge in [-0.05, 0) is 18.1 Å². The summed E-state index contributed by atoms with van der Waals surface area (Å²) in [5.74, 6) is 0.331. The van der Waals surface area contributed by atoms with E-state index in [4.69, 9.17) is 11.6 Å². The summed E-state index contributed by atoms with van der Waals surface area (Å²) in [4.78, 5) is 3.68. The molecule has 1 atom stereocenters. The molecule has 1 unspecified atom stereocenters. The van der Waals surface area contributed by atoms with Gasteiger partial charge in [-0.15, -0.1) is 11.6 Å². The molecule has 0 aliphatic carbocycles. The molecule has 2 nitrogen and oxygen atoms in total. The van der Waals surface area contributed by atoms with E-state index in [1.807, 2.05) is 6.92 Å². The van der Waals surface area contributed by atoms with Crippen LogP contribution >= 0.6 is 11.6 Å². The molecule has 1 aromatic rings. The van der Waals surface area contributed by atoms with Crippen LogP contribution < -0.4 is 5.32 Å². The minimum absolute atomic E-state index is 0.0877. The highest BCUT2D eigenvalue weighted by atomic mass is 35.5. The Bertz CT molecular complexity index is 341. The van der Waals surface area contributed by atoms with Crippen molar-refractivity contribution in [1.82, 2.24) is 4.98 Å². The van der Waals surface area contributed by atoms with E-state index >= 15 is 0 Å². The summed E-state index contributed by atoms with van der Waals surface area (Å²) in [5.41, 5.74) is -0.753. The minimum Gasteiger partial charge on any atom is -0.369 e. The first kappa shape index (κ1) is 13.1. The van der Waals surface area contributed by atoms with Gasteiger partial charge in [0.1, 0.15) is 5.82 Å². The van der Waals surface area contributed by atoms with Gasteiger partial charge in [-0.3, -0.25) is 0 Å². The standard InChI is InChI=1S/C10H12ClF3N2/c1-7(5-11)6-16-9-8(10(12,13)14)3-2-4-15-9/h2-4,7H,5-6H2,1H3,(H,15,16). The van der Waals surface area contributed by atoms with E-state index in [-0.39, 0.29) is 11.7 Å². The maximum atomic E-state index is 12.5. The van der Waals surface area contributed by atoms with E-state index in [2.05, 4.69) is 10.3 Å². The smallest absolute Gasteiger partial charge is 0.369 e. The van der Waals surface area contributed by atoms with Gasteiger partial charge in [0.05, 0.1) is 5.56 Å². The van der Waals surface area contributed by atoms with Gasteiger partial charge in [0.15, 0.2) is 0 Å². The summed E-state index contributed by atoms with van der Waals surface area (Å²) in [6, 6.07) is 2.26. The number of alkyl halides is 4. The van der Waals surface area contributed by atoms with Crippen LogP contribution in [0.25, 0.3) is 0 Å². The third-order valence-corrected chi connectivity index (χ3v) is 2.52. The summed E-state index contributed by atoms with van der Waals surface area (Å²) in [5, 5.41) is 2.65. The zero-order valence-corrected chi connectivity index (χ0v) is 9.44. The number of hydrogen-bond donors (Lipinski definition) is 1. The highest BCUT2D eigenvalue weighted by Gasteiger charge is 2.33. The number of halogens is 4. The lowest BCUT2D eigenvalue weighted by Crippen LogP contribution is -2.17. The zero-order valence-electron chi connectivity index (χ0n) is 8.68. The maximum Gasteiger partial charge on any atom is 0.419 e. The van der Waals surface area contributed by atoms with Gasteiger partial charge in [0.25, 0.3) is 0 Å². The molecule has 0 saturated carbocycles. The van der Waals surface area contributed by atoms with Gasteiger partial charge < -0.3 is 5.32 Å². The average molecular weight is 253 g/mol. The van der Waals surface area contributed by atoms with Crippen molar-refractivity contribution in [3.8, 4) is 0 Å².